The summed E-state index contributed by atoms with van der Waals surface area (Å²) in [6.07, 6.45) is 2.91. The van der Waals surface area contributed by atoms with E-state index in [1.165, 1.54) is 56.7 Å². The van der Waals surface area contributed by atoms with Crippen LogP contribution in [0, 0.1) is 6.92 Å². The lowest BCUT2D eigenvalue weighted by molar-refractivity contribution is 0.104. The van der Waals surface area contributed by atoms with Gasteiger partial charge in [0.05, 0.1) is 14.2 Å². The van der Waals surface area contributed by atoms with Gasteiger partial charge in [-0.15, -0.1) is 0 Å². The summed E-state index contributed by atoms with van der Waals surface area (Å²) in [6.45, 7) is 1.86. The van der Waals surface area contributed by atoms with Crippen molar-refractivity contribution in [3.63, 3.8) is 0 Å². The van der Waals surface area contributed by atoms with Crippen molar-refractivity contribution in [3.8, 4) is 23.0 Å². The van der Waals surface area contributed by atoms with Crippen molar-refractivity contribution in [2.45, 2.75) is 11.8 Å². The zero-order valence-electron chi connectivity index (χ0n) is 17.7. The summed E-state index contributed by atoms with van der Waals surface area (Å²) >= 11 is 0. The van der Waals surface area contributed by atoms with E-state index in [1.54, 1.807) is 30.3 Å². The molecule has 0 fully saturated rings. The number of ketones is 1. The van der Waals surface area contributed by atoms with Gasteiger partial charge in [-0.3, -0.25) is 4.79 Å². The number of carbonyl (C=O) groups is 1. The first kappa shape index (κ1) is 22.9. The molecule has 3 rings (SSSR count). The molecule has 1 N–H and O–H groups in total. The zero-order valence-corrected chi connectivity index (χ0v) is 18.5. The molecule has 0 aliphatic carbocycles. The molecule has 0 aromatic heterocycles. The van der Waals surface area contributed by atoms with E-state index < -0.39 is 10.1 Å². The predicted octanol–water partition coefficient (Wildman–Crippen LogP) is 4.38. The Bertz CT molecular complexity index is 1260. The molecule has 0 unspecified atom stereocenters. The Balaban J connectivity index is 1.80. The van der Waals surface area contributed by atoms with Gasteiger partial charge >= 0.3 is 10.1 Å². The van der Waals surface area contributed by atoms with Crippen LogP contribution in [0.2, 0.25) is 0 Å². The smallest absolute Gasteiger partial charge is 0.339 e. The van der Waals surface area contributed by atoms with Crippen LogP contribution in [0.5, 0.6) is 23.0 Å². The molecule has 3 aromatic carbocycles. The zero-order chi connectivity index (χ0) is 23.3. The van der Waals surface area contributed by atoms with E-state index in [0.29, 0.717) is 11.1 Å². The van der Waals surface area contributed by atoms with Crippen LogP contribution in [0.4, 0.5) is 0 Å². The summed E-state index contributed by atoms with van der Waals surface area (Å²) in [7, 11) is -1.24. The van der Waals surface area contributed by atoms with Crippen molar-refractivity contribution in [1.29, 1.82) is 0 Å². The lowest BCUT2D eigenvalue weighted by Gasteiger charge is -2.11. The van der Waals surface area contributed by atoms with E-state index >= 15 is 0 Å². The Morgan fingerprint density at radius 2 is 1.56 bits per heavy atom. The van der Waals surface area contributed by atoms with E-state index in [2.05, 4.69) is 0 Å². The number of allylic oxidation sites excluding steroid dienone is 1. The van der Waals surface area contributed by atoms with Gasteiger partial charge in [0.25, 0.3) is 0 Å². The lowest BCUT2D eigenvalue weighted by Crippen LogP contribution is -2.10. The number of hydrogen-bond donors (Lipinski definition) is 1. The van der Waals surface area contributed by atoms with Gasteiger partial charge in [0.15, 0.2) is 28.8 Å². The Kier molecular flexibility index (Phi) is 6.85. The Labute approximate surface area is 186 Å². The van der Waals surface area contributed by atoms with Gasteiger partial charge in [0.2, 0.25) is 0 Å². The van der Waals surface area contributed by atoms with Crippen molar-refractivity contribution >= 4 is 22.0 Å². The van der Waals surface area contributed by atoms with Crippen LogP contribution in [-0.4, -0.2) is 33.5 Å². The number of phenols is 1. The van der Waals surface area contributed by atoms with Crippen molar-refractivity contribution < 1.29 is 32.0 Å². The molecule has 0 radical (unpaired) electrons. The number of aromatic hydroxyl groups is 1. The second-order valence-electron chi connectivity index (χ2n) is 6.85. The lowest BCUT2D eigenvalue weighted by atomic mass is 10.1. The summed E-state index contributed by atoms with van der Waals surface area (Å²) < 4.78 is 40.6. The molecule has 0 amide bonds. The third-order valence-corrected chi connectivity index (χ3v) is 5.84. The highest BCUT2D eigenvalue weighted by Gasteiger charge is 2.19. The van der Waals surface area contributed by atoms with Crippen molar-refractivity contribution in [1.82, 2.24) is 0 Å². The van der Waals surface area contributed by atoms with Crippen molar-refractivity contribution in [2.75, 3.05) is 14.2 Å². The second kappa shape index (κ2) is 9.57. The number of phenolic OH excluding ortho intramolecular Hbond substituents is 1. The molecular formula is C24H22O7S. The number of benzene rings is 3. The van der Waals surface area contributed by atoms with Gasteiger partial charge in [-0.25, -0.2) is 0 Å². The molecule has 0 heterocycles. The Hall–Kier alpha value is -3.78. The van der Waals surface area contributed by atoms with Gasteiger partial charge in [0, 0.05) is 5.56 Å². The summed E-state index contributed by atoms with van der Waals surface area (Å²) in [4.78, 5) is 12.5. The number of ether oxygens (including phenoxy) is 2. The fourth-order valence-electron chi connectivity index (χ4n) is 2.83. The molecule has 0 aliphatic heterocycles. The normalized spacial score (nSPS) is 11.3. The molecule has 0 aliphatic rings. The highest BCUT2D eigenvalue weighted by molar-refractivity contribution is 7.87. The molecular weight excluding hydrogens is 432 g/mol. The van der Waals surface area contributed by atoms with Crippen LogP contribution >= 0.6 is 0 Å². The third kappa shape index (κ3) is 5.28. The second-order valence-corrected chi connectivity index (χ2v) is 8.39. The molecule has 166 valence electrons. The fraction of sp³-hybridized carbons (Fsp3) is 0.125. The molecule has 32 heavy (non-hydrogen) atoms. The van der Waals surface area contributed by atoms with Gasteiger partial charge in [0.1, 0.15) is 4.90 Å². The fourth-order valence-corrected chi connectivity index (χ4v) is 3.77. The van der Waals surface area contributed by atoms with Gasteiger partial charge in [-0.2, -0.15) is 8.42 Å². The summed E-state index contributed by atoms with van der Waals surface area (Å²) in [5, 5.41) is 9.65. The van der Waals surface area contributed by atoms with Crippen LogP contribution in [0.15, 0.2) is 71.6 Å². The highest BCUT2D eigenvalue weighted by Crippen LogP contribution is 2.31. The molecule has 0 bridgehead atoms. The van der Waals surface area contributed by atoms with Gasteiger partial charge in [-0.05, 0) is 61.0 Å². The molecule has 0 atom stereocenters. The predicted molar refractivity (Wildman–Crippen MR) is 120 cm³/mol. The van der Waals surface area contributed by atoms with Crippen molar-refractivity contribution in [3.05, 3.63) is 83.4 Å². The Morgan fingerprint density at radius 1 is 0.875 bits per heavy atom. The first-order chi connectivity index (χ1) is 15.2. The number of methoxy groups -OCH3 is 2. The van der Waals surface area contributed by atoms with E-state index in [1.807, 2.05) is 6.92 Å². The van der Waals surface area contributed by atoms with E-state index in [9.17, 15) is 18.3 Å². The average molecular weight is 455 g/mol. The molecule has 8 heteroatoms. The summed E-state index contributed by atoms with van der Waals surface area (Å²) in [5.41, 5.74) is 1.87. The standard InChI is InChI=1S/C24H22O7S/c1-16-4-9-19(10-5-16)32(27,28)31-22-13-7-17(14-24(22)30-3)6-11-20(25)18-8-12-21(26)23(15-18)29-2/h4-15,26H,1-3H3/b11-6+. The highest BCUT2D eigenvalue weighted by atomic mass is 32.2. The summed E-state index contributed by atoms with van der Waals surface area (Å²) in [5.74, 6) is 0.0575. The van der Waals surface area contributed by atoms with E-state index in [-0.39, 0.29) is 33.7 Å². The van der Waals surface area contributed by atoms with E-state index in [0.717, 1.165) is 5.56 Å². The first-order valence-electron chi connectivity index (χ1n) is 9.52. The number of hydrogen-bond acceptors (Lipinski definition) is 7. The van der Waals surface area contributed by atoms with Crippen LogP contribution in [0.25, 0.3) is 6.08 Å². The van der Waals surface area contributed by atoms with E-state index in [4.69, 9.17) is 13.7 Å². The van der Waals surface area contributed by atoms with Gasteiger partial charge < -0.3 is 18.8 Å². The maximum absolute atomic E-state index is 12.5. The molecule has 3 aromatic rings. The SMILES string of the molecule is COc1cc(C(=O)/C=C/c2ccc(OS(=O)(=O)c3ccc(C)cc3)c(OC)c2)ccc1O. The minimum atomic E-state index is -4.03. The van der Waals surface area contributed by atoms with Crippen LogP contribution in [0.1, 0.15) is 21.5 Å². The topological polar surface area (TPSA) is 99.1 Å². The maximum atomic E-state index is 12.5. The number of rotatable bonds is 8. The van der Waals surface area contributed by atoms with Crippen LogP contribution < -0.4 is 13.7 Å². The van der Waals surface area contributed by atoms with Crippen molar-refractivity contribution in [2.24, 2.45) is 0 Å². The largest absolute Gasteiger partial charge is 0.504 e. The Morgan fingerprint density at radius 3 is 2.22 bits per heavy atom. The minimum Gasteiger partial charge on any atom is -0.504 e. The quantitative estimate of drug-likeness (QED) is 0.306. The monoisotopic (exact) mass is 454 g/mol. The van der Waals surface area contributed by atoms with Crippen LogP contribution in [0.3, 0.4) is 0 Å². The minimum absolute atomic E-state index is 0.0276. The molecule has 7 nitrogen and oxygen atoms in total. The van der Waals surface area contributed by atoms with Gasteiger partial charge in [-0.1, -0.05) is 29.8 Å². The number of carbonyl (C=O) groups excluding carboxylic acids is 1. The molecule has 0 saturated heterocycles. The maximum Gasteiger partial charge on any atom is 0.339 e. The summed E-state index contributed by atoms with van der Waals surface area (Å²) in [6, 6.07) is 15.2. The molecule has 0 spiro atoms. The average Bonchev–Trinajstić information content (AvgIpc) is 2.78. The third-order valence-electron chi connectivity index (χ3n) is 4.59. The molecule has 0 saturated carbocycles. The number of aryl methyl sites for hydroxylation is 1. The van der Waals surface area contributed by atoms with Crippen LogP contribution in [-0.2, 0) is 10.1 Å². The first-order valence-corrected chi connectivity index (χ1v) is 10.9.